The minimum atomic E-state index is -0.883. The Kier molecular flexibility index (Phi) is 6.31. The maximum absolute atomic E-state index is 11.2. The van der Waals surface area contributed by atoms with Crippen molar-refractivity contribution in [2.24, 2.45) is 0 Å². The molecule has 1 aromatic heterocycles. The standard InChI is InChI=1S/C21H27N3O5/c1-23(21(25)26)15-8-10-24(11-9-15)19-7-5-6-16(22-19)14-12-17(27-2)20(29-4)18(13-14)28-3/h5-7,12-13,15H,8-11H2,1-4H3,(H,25,26). The summed E-state index contributed by atoms with van der Waals surface area (Å²) < 4.78 is 16.3. The van der Waals surface area contributed by atoms with Gasteiger partial charge in [0, 0.05) is 31.7 Å². The molecule has 1 saturated heterocycles. The Bertz CT molecular complexity index is 840. The molecular formula is C21H27N3O5. The molecule has 1 N–H and O–H groups in total. The molecule has 8 heteroatoms. The van der Waals surface area contributed by atoms with Gasteiger partial charge in [0.2, 0.25) is 5.75 Å². The van der Waals surface area contributed by atoms with E-state index in [-0.39, 0.29) is 6.04 Å². The van der Waals surface area contributed by atoms with Gasteiger partial charge in [-0.1, -0.05) is 6.07 Å². The summed E-state index contributed by atoms with van der Waals surface area (Å²) in [6, 6.07) is 9.68. The Labute approximate surface area is 170 Å². The van der Waals surface area contributed by atoms with Crippen molar-refractivity contribution in [3.05, 3.63) is 30.3 Å². The number of benzene rings is 1. The zero-order chi connectivity index (χ0) is 21.0. The lowest BCUT2D eigenvalue weighted by atomic mass is 10.0. The molecule has 8 nitrogen and oxygen atoms in total. The van der Waals surface area contributed by atoms with E-state index in [2.05, 4.69) is 4.90 Å². The molecule has 0 aliphatic carbocycles. The minimum Gasteiger partial charge on any atom is -0.493 e. The Balaban J connectivity index is 1.83. The first-order chi connectivity index (χ1) is 14.0. The molecular weight excluding hydrogens is 374 g/mol. The lowest BCUT2D eigenvalue weighted by Gasteiger charge is -2.36. The van der Waals surface area contributed by atoms with Crippen molar-refractivity contribution in [3.63, 3.8) is 0 Å². The van der Waals surface area contributed by atoms with Gasteiger partial charge in [0.1, 0.15) is 5.82 Å². The van der Waals surface area contributed by atoms with E-state index < -0.39 is 6.09 Å². The first-order valence-corrected chi connectivity index (χ1v) is 9.46. The molecule has 1 fully saturated rings. The number of hydrogen-bond acceptors (Lipinski definition) is 6. The van der Waals surface area contributed by atoms with Gasteiger partial charge in [0.15, 0.2) is 11.5 Å². The van der Waals surface area contributed by atoms with Gasteiger partial charge >= 0.3 is 6.09 Å². The number of nitrogens with zero attached hydrogens (tertiary/aromatic N) is 3. The highest BCUT2D eigenvalue weighted by Crippen LogP contribution is 2.41. The monoisotopic (exact) mass is 401 g/mol. The van der Waals surface area contributed by atoms with Gasteiger partial charge < -0.3 is 29.1 Å². The third-order valence-corrected chi connectivity index (χ3v) is 5.33. The average molecular weight is 401 g/mol. The van der Waals surface area contributed by atoms with Crippen molar-refractivity contribution in [2.45, 2.75) is 18.9 Å². The number of piperidine rings is 1. The number of methoxy groups -OCH3 is 3. The van der Waals surface area contributed by atoms with Crippen molar-refractivity contribution in [2.75, 3.05) is 46.4 Å². The van der Waals surface area contributed by atoms with E-state index in [0.29, 0.717) is 17.2 Å². The third kappa shape index (κ3) is 4.31. The maximum Gasteiger partial charge on any atom is 0.407 e. The fraction of sp³-hybridized carbons (Fsp3) is 0.429. The molecule has 1 aliphatic rings. The van der Waals surface area contributed by atoms with E-state index >= 15 is 0 Å². The molecule has 1 aliphatic heterocycles. The van der Waals surface area contributed by atoms with Crippen molar-refractivity contribution in [1.29, 1.82) is 0 Å². The van der Waals surface area contributed by atoms with E-state index in [4.69, 9.17) is 19.2 Å². The summed E-state index contributed by atoms with van der Waals surface area (Å²) in [5, 5.41) is 9.17. The van der Waals surface area contributed by atoms with Crippen LogP contribution in [0.25, 0.3) is 11.3 Å². The molecule has 29 heavy (non-hydrogen) atoms. The van der Waals surface area contributed by atoms with Crippen LogP contribution in [0.15, 0.2) is 30.3 Å². The fourth-order valence-electron chi connectivity index (χ4n) is 3.63. The number of anilines is 1. The van der Waals surface area contributed by atoms with E-state index in [9.17, 15) is 9.90 Å². The molecule has 2 heterocycles. The van der Waals surface area contributed by atoms with Crippen molar-refractivity contribution in [1.82, 2.24) is 9.88 Å². The van der Waals surface area contributed by atoms with Gasteiger partial charge in [0.05, 0.1) is 27.0 Å². The number of aromatic nitrogens is 1. The van der Waals surface area contributed by atoms with Crippen LogP contribution < -0.4 is 19.1 Å². The minimum absolute atomic E-state index is 0.0436. The van der Waals surface area contributed by atoms with Crippen LogP contribution in [0.2, 0.25) is 0 Å². The Hall–Kier alpha value is -3.16. The lowest BCUT2D eigenvalue weighted by Crippen LogP contribution is -2.45. The van der Waals surface area contributed by atoms with Gasteiger partial charge in [-0.15, -0.1) is 0 Å². The molecule has 1 amide bonds. The van der Waals surface area contributed by atoms with Gasteiger partial charge in [-0.3, -0.25) is 0 Å². The summed E-state index contributed by atoms with van der Waals surface area (Å²) in [6.45, 7) is 1.52. The van der Waals surface area contributed by atoms with Crippen molar-refractivity contribution in [3.8, 4) is 28.5 Å². The number of rotatable bonds is 6. The molecule has 1 aromatic carbocycles. The highest BCUT2D eigenvalue weighted by Gasteiger charge is 2.26. The van der Waals surface area contributed by atoms with E-state index in [1.807, 2.05) is 30.3 Å². The zero-order valence-electron chi connectivity index (χ0n) is 17.2. The van der Waals surface area contributed by atoms with E-state index in [1.54, 1.807) is 28.4 Å². The number of carbonyl (C=O) groups is 1. The van der Waals surface area contributed by atoms with Crippen molar-refractivity contribution < 1.29 is 24.1 Å². The fourth-order valence-corrected chi connectivity index (χ4v) is 3.63. The molecule has 2 aromatic rings. The molecule has 0 saturated carbocycles. The first-order valence-electron chi connectivity index (χ1n) is 9.46. The number of carboxylic acid groups (broad SMARTS) is 1. The van der Waals surface area contributed by atoms with Crippen LogP contribution in [0.1, 0.15) is 12.8 Å². The normalized spacial score (nSPS) is 14.4. The summed E-state index contributed by atoms with van der Waals surface area (Å²) in [6.07, 6.45) is 0.670. The maximum atomic E-state index is 11.2. The Morgan fingerprint density at radius 1 is 1.10 bits per heavy atom. The molecule has 0 spiro atoms. The summed E-state index contributed by atoms with van der Waals surface area (Å²) in [7, 11) is 6.38. The van der Waals surface area contributed by atoms with Crippen LogP contribution in [0.3, 0.4) is 0 Å². The van der Waals surface area contributed by atoms with Gasteiger partial charge in [0.25, 0.3) is 0 Å². The summed E-state index contributed by atoms with van der Waals surface area (Å²) in [5.74, 6) is 2.56. The molecule has 0 atom stereocenters. The summed E-state index contributed by atoms with van der Waals surface area (Å²) in [5.41, 5.74) is 1.66. The second-order valence-electron chi connectivity index (χ2n) is 6.91. The zero-order valence-corrected chi connectivity index (χ0v) is 17.2. The largest absolute Gasteiger partial charge is 0.493 e. The van der Waals surface area contributed by atoms with Crippen LogP contribution in [0.4, 0.5) is 10.6 Å². The van der Waals surface area contributed by atoms with Crippen LogP contribution in [0.5, 0.6) is 17.2 Å². The predicted octanol–water partition coefficient (Wildman–Crippen LogP) is 3.35. The van der Waals surface area contributed by atoms with Gasteiger partial charge in [-0.05, 0) is 37.1 Å². The molecule has 0 radical (unpaired) electrons. The van der Waals surface area contributed by atoms with Crippen LogP contribution in [-0.2, 0) is 0 Å². The molecule has 0 unspecified atom stereocenters. The predicted molar refractivity (Wildman–Crippen MR) is 110 cm³/mol. The van der Waals surface area contributed by atoms with Gasteiger partial charge in [-0.25, -0.2) is 9.78 Å². The number of hydrogen-bond donors (Lipinski definition) is 1. The highest BCUT2D eigenvalue weighted by molar-refractivity contribution is 5.70. The Morgan fingerprint density at radius 2 is 1.72 bits per heavy atom. The third-order valence-electron chi connectivity index (χ3n) is 5.33. The topological polar surface area (TPSA) is 84.4 Å². The highest BCUT2D eigenvalue weighted by atomic mass is 16.5. The smallest absolute Gasteiger partial charge is 0.407 e. The quantitative estimate of drug-likeness (QED) is 0.794. The molecule has 3 rings (SSSR count). The number of ether oxygens (including phenoxy) is 3. The summed E-state index contributed by atoms with van der Waals surface area (Å²) in [4.78, 5) is 19.6. The SMILES string of the molecule is COc1cc(-c2cccc(N3CCC(N(C)C(=O)O)CC3)n2)cc(OC)c1OC. The number of pyridine rings is 1. The second kappa shape index (κ2) is 8.89. The van der Waals surface area contributed by atoms with Crippen LogP contribution in [-0.4, -0.2) is 68.6 Å². The first kappa shape index (κ1) is 20.6. The Morgan fingerprint density at radius 3 is 2.24 bits per heavy atom. The average Bonchev–Trinajstić information content (AvgIpc) is 2.77. The summed E-state index contributed by atoms with van der Waals surface area (Å²) >= 11 is 0. The second-order valence-corrected chi connectivity index (χ2v) is 6.91. The molecule has 0 bridgehead atoms. The van der Waals surface area contributed by atoms with E-state index in [1.165, 1.54) is 4.90 Å². The number of amides is 1. The van der Waals surface area contributed by atoms with Crippen molar-refractivity contribution >= 4 is 11.9 Å². The molecule has 156 valence electrons. The van der Waals surface area contributed by atoms with Crippen LogP contribution in [0, 0.1) is 0 Å². The van der Waals surface area contributed by atoms with Crippen LogP contribution >= 0.6 is 0 Å². The lowest BCUT2D eigenvalue weighted by molar-refractivity contribution is 0.131. The van der Waals surface area contributed by atoms with E-state index in [0.717, 1.165) is 43.0 Å². The van der Waals surface area contributed by atoms with Gasteiger partial charge in [-0.2, -0.15) is 0 Å².